The third-order valence-electron chi connectivity index (χ3n) is 5.01. The Morgan fingerprint density at radius 1 is 1.16 bits per heavy atom. The first-order valence-corrected chi connectivity index (χ1v) is 10.1. The van der Waals surface area contributed by atoms with E-state index in [4.69, 9.17) is 14.0 Å². The summed E-state index contributed by atoms with van der Waals surface area (Å²) in [5, 5.41) is 4.07. The minimum atomic E-state index is -0.241. The molecule has 1 amide bonds. The maximum absolute atomic E-state index is 13.3. The zero-order chi connectivity index (χ0) is 22.2. The number of methoxy groups -OCH3 is 2. The summed E-state index contributed by atoms with van der Waals surface area (Å²) in [6.07, 6.45) is 2.39. The normalized spacial score (nSPS) is 11.6. The Morgan fingerprint density at radius 2 is 1.90 bits per heavy atom. The van der Waals surface area contributed by atoms with Crippen molar-refractivity contribution in [1.29, 1.82) is 0 Å². The van der Waals surface area contributed by atoms with Crippen LogP contribution >= 0.6 is 0 Å². The molecule has 0 saturated carbocycles. The minimum Gasteiger partial charge on any atom is -0.493 e. The quantitative estimate of drug-likeness (QED) is 0.450. The van der Waals surface area contributed by atoms with Gasteiger partial charge in [0.15, 0.2) is 11.5 Å². The van der Waals surface area contributed by atoms with Gasteiger partial charge in [-0.3, -0.25) is 4.79 Å². The van der Waals surface area contributed by atoms with E-state index in [0.717, 1.165) is 11.1 Å². The molecule has 1 atom stereocenters. The number of carbonyl (C=O) groups excluding carboxylic acids is 1. The highest BCUT2D eigenvalue weighted by Gasteiger charge is 2.25. The van der Waals surface area contributed by atoms with Crippen LogP contribution in [-0.2, 0) is 11.3 Å². The molecule has 0 spiro atoms. The summed E-state index contributed by atoms with van der Waals surface area (Å²) >= 11 is 0. The molecular weight excluding hydrogens is 394 g/mol. The lowest BCUT2D eigenvalue weighted by atomic mass is 9.95. The number of rotatable bonds is 10. The summed E-state index contributed by atoms with van der Waals surface area (Å²) in [5.41, 5.74) is 1.71. The van der Waals surface area contributed by atoms with Gasteiger partial charge in [0.05, 0.1) is 20.1 Å². The van der Waals surface area contributed by atoms with Crippen LogP contribution in [0.4, 0.5) is 0 Å². The van der Waals surface area contributed by atoms with E-state index in [2.05, 4.69) is 16.7 Å². The number of amides is 1. The molecule has 2 aromatic carbocycles. The fraction of sp³-hybridized carbons (Fsp3) is 0.292. The number of hydrogen-bond acceptors (Lipinski definition) is 6. The van der Waals surface area contributed by atoms with Gasteiger partial charge in [-0.25, -0.2) is 0 Å². The molecule has 0 radical (unpaired) electrons. The fourth-order valence-electron chi connectivity index (χ4n) is 3.42. The Kier molecular flexibility index (Phi) is 7.43. The van der Waals surface area contributed by atoms with Crippen LogP contribution in [0.5, 0.6) is 11.5 Å². The second-order valence-electron chi connectivity index (χ2n) is 6.96. The van der Waals surface area contributed by atoms with Crippen LogP contribution in [-0.4, -0.2) is 41.7 Å². The highest BCUT2D eigenvalue weighted by Crippen LogP contribution is 2.31. The fourth-order valence-corrected chi connectivity index (χ4v) is 3.42. The van der Waals surface area contributed by atoms with Crippen molar-refractivity contribution in [3.63, 3.8) is 0 Å². The van der Waals surface area contributed by atoms with Gasteiger partial charge in [0, 0.05) is 12.1 Å². The van der Waals surface area contributed by atoms with Crippen LogP contribution in [0.3, 0.4) is 0 Å². The van der Waals surface area contributed by atoms with Crippen LogP contribution in [0.1, 0.15) is 30.7 Å². The van der Waals surface area contributed by atoms with Gasteiger partial charge < -0.3 is 18.9 Å². The largest absolute Gasteiger partial charge is 0.493 e. The number of nitrogens with zero attached hydrogens (tertiary/aromatic N) is 3. The number of aromatic nitrogens is 2. The maximum atomic E-state index is 13.3. The molecule has 3 aromatic rings. The van der Waals surface area contributed by atoms with Gasteiger partial charge in [-0.05, 0) is 30.2 Å². The number of carbonyl (C=O) groups is 1. The zero-order valence-electron chi connectivity index (χ0n) is 18.1. The summed E-state index contributed by atoms with van der Waals surface area (Å²) in [6, 6.07) is 15.2. The second-order valence-corrected chi connectivity index (χ2v) is 6.96. The summed E-state index contributed by atoms with van der Waals surface area (Å²) in [5.74, 6) is 1.71. The van der Waals surface area contributed by atoms with Crippen molar-refractivity contribution in [1.82, 2.24) is 15.0 Å². The highest BCUT2D eigenvalue weighted by atomic mass is 16.5. The number of hydrogen-bond donors (Lipinski definition) is 0. The van der Waals surface area contributed by atoms with Gasteiger partial charge in [-0.15, -0.1) is 6.58 Å². The Labute approximate surface area is 182 Å². The first-order valence-electron chi connectivity index (χ1n) is 10.1. The van der Waals surface area contributed by atoms with Crippen molar-refractivity contribution in [3.05, 3.63) is 72.6 Å². The Bertz CT molecular complexity index is 1020. The lowest BCUT2D eigenvalue weighted by molar-refractivity contribution is -0.133. The summed E-state index contributed by atoms with van der Waals surface area (Å²) < 4.78 is 16.0. The van der Waals surface area contributed by atoms with Crippen LogP contribution in [0.15, 0.2) is 65.7 Å². The molecule has 1 aromatic heterocycles. The van der Waals surface area contributed by atoms with E-state index in [1.165, 1.54) is 0 Å². The monoisotopic (exact) mass is 421 g/mol. The molecule has 0 N–H and O–H groups in total. The Balaban J connectivity index is 1.80. The molecule has 7 nitrogen and oxygen atoms in total. The summed E-state index contributed by atoms with van der Waals surface area (Å²) in [4.78, 5) is 19.4. The van der Waals surface area contributed by atoms with Crippen LogP contribution in [0.25, 0.3) is 11.4 Å². The number of benzene rings is 2. The third kappa shape index (κ3) is 5.12. The lowest BCUT2D eigenvalue weighted by Crippen LogP contribution is -2.35. The highest BCUT2D eigenvalue weighted by molar-refractivity contribution is 5.83. The van der Waals surface area contributed by atoms with Gasteiger partial charge in [0.25, 0.3) is 0 Å². The molecule has 31 heavy (non-hydrogen) atoms. The van der Waals surface area contributed by atoms with Crippen LogP contribution in [0, 0.1) is 0 Å². The third-order valence-corrected chi connectivity index (χ3v) is 5.01. The van der Waals surface area contributed by atoms with Gasteiger partial charge in [-0.1, -0.05) is 48.5 Å². The van der Waals surface area contributed by atoms with Gasteiger partial charge >= 0.3 is 0 Å². The van der Waals surface area contributed by atoms with E-state index < -0.39 is 0 Å². The van der Waals surface area contributed by atoms with Crippen molar-refractivity contribution in [3.8, 4) is 22.9 Å². The van der Waals surface area contributed by atoms with Gasteiger partial charge in [0.2, 0.25) is 17.6 Å². The molecule has 3 rings (SSSR count). The van der Waals surface area contributed by atoms with E-state index >= 15 is 0 Å². The SMILES string of the molecule is C=CCN(Cc1nc(-c2ccc(OC)c(OC)c2)no1)C(=O)[C@H](CC)c1ccccc1. The predicted molar refractivity (Wildman–Crippen MR) is 118 cm³/mol. The first-order chi connectivity index (χ1) is 15.1. The van der Waals surface area contributed by atoms with Crippen LogP contribution < -0.4 is 9.47 Å². The van der Waals surface area contributed by atoms with E-state index in [1.807, 2.05) is 43.3 Å². The molecule has 7 heteroatoms. The topological polar surface area (TPSA) is 77.7 Å². The second kappa shape index (κ2) is 10.4. The molecule has 0 aliphatic carbocycles. The van der Waals surface area contributed by atoms with E-state index in [9.17, 15) is 4.79 Å². The maximum Gasteiger partial charge on any atom is 0.246 e. The molecule has 0 fully saturated rings. The molecule has 0 aliphatic rings. The Morgan fingerprint density at radius 3 is 2.55 bits per heavy atom. The summed E-state index contributed by atoms with van der Waals surface area (Å²) in [6.45, 7) is 6.38. The molecule has 0 saturated heterocycles. The van der Waals surface area contributed by atoms with Crippen molar-refractivity contribution in [2.45, 2.75) is 25.8 Å². The van der Waals surface area contributed by atoms with Crippen molar-refractivity contribution >= 4 is 5.91 Å². The summed E-state index contributed by atoms with van der Waals surface area (Å²) in [7, 11) is 3.15. The van der Waals surface area contributed by atoms with E-state index in [-0.39, 0.29) is 18.4 Å². The average Bonchev–Trinajstić information content (AvgIpc) is 3.28. The molecule has 0 bridgehead atoms. The van der Waals surface area contributed by atoms with Gasteiger partial charge in [0.1, 0.15) is 6.54 Å². The molecular formula is C24H27N3O4. The molecule has 162 valence electrons. The van der Waals surface area contributed by atoms with Crippen molar-refractivity contribution in [2.24, 2.45) is 0 Å². The molecule has 1 heterocycles. The zero-order valence-corrected chi connectivity index (χ0v) is 18.1. The smallest absolute Gasteiger partial charge is 0.246 e. The van der Waals surface area contributed by atoms with E-state index in [0.29, 0.717) is 36.2 Å². The van der Waals surface area contributed by atoms with Crippen molar-refractivity contribution in [2.75, 3.05) is 20.8 Å². The number of ether oxygens (including phenoxy) is 2. The average molecular weight is 421 g/mol. The van der Waals surface area contributed by atoms with Crippen molar-refractivity contribution < 1.29 is 18.8 Å². The predicted octanol–water partition coefficient (Wildman–Crippen LogP) is 4.46. The van der Waals surface area contributed by atoms with E-state index in [1.54, 1.807) is 37.3 Å². The molecule has 0 aliphatic heterocycles. The van der Waals surface area contributed by atoms with Crippen LogP contribution in [0.2, 0.25) is 0 Å². The Hall–Kier alpha value is -3.61. The molecule has 0 unspecified atom stereocenters. The standard InChI is InChI=1S/C24H27N3O4/c1-5-14-27(24(28)19(6-2)17-10-8-7-9-11-17)16-22-25-23(26-31-22)18-12-13-20(29-3)21(15-18)30-4/h5,7-13,15,19H,1,6,14,16H2,2-4H3/t19-/m1/s1. The first kappa shape index (κ1) is 22.1. The van der Waals surface area contributed by atoms with Gasteiger partial charge in [-0.2, -0.15) is 4.98 Å². The minimum absolute atomic E-state index is 0.000494. The lowest BCUT2D eigenvalue weighted by Gasteiger charge is -2.25.